The van der Waals surface area contributed by atoms with Crippen molar-refractivity contribution in [3.63, 3.8) is 0 Å². The average Bonchev–Trinajstić information content (AvgIpc) is 2.52. The Hall–Kier alpha value is -2.90. The predicted molar refractivity (Wildman–Crippen MR) is 81.5 cm³/mol. The Morgan fingerprint density at radius 2 is 2.09 bits per heavy atom. The first-order valence-corrected chi connectivity index (χ1v) is 7.03. The van der Waals surface area contributed by atoms with E-state index >= 15 is 0 Å². The van der Waals surface area contributed by atoms with E-state index in [1.54, 1.807) is 19.9 Å². The van der Waals surface area contributed by atoms with Gasteiger partial charge in [0.15, 0.2) is 0 Å². The molecule has 2 amide bonds. The van der Waals surface area contributed by atoms with Crippen molar-refractivity contribution < 1.29 is 19.2 Å². The van der Waals surface area contributed by atoms with E-state index in [9.17, 15) is 19.7 Å². The SMILES string of the molecule is CCOC(=O)C1=C(C)N(C)C(=O)N[C@@H]1c1ccccc1[N+](=O)[O-]. The predicted octanol–water partition coefficient (Wildman–Crippen LogP) is 2.13. The van der Waals surface area contributed by atoms with Gasteiger partial charge < -0.3 is 15.0 Å². The third-order valence-electron chi connectivity index (χ3n) is 3.69. The van der Waals surface area contributed by atoms with Crippen molar-refractivity contribution in [3.05, 3.63) is 51.2 Å². The molecule has 0 saturated heterocycles. The molecule has 0 unspecified atom stereocenters. The first kappa shape index (κ1) is 16.5. The largest absolute Gasteiger partial charge is 0.463 e. The van der Waals surface area contributed by atoms with E-state index in [0.717, 1.165) is 0 Å². The smallest absolute Gasteiger partial charge is 0.338 e. The summed E-state index contributed by atoms with van der Waals surface area (Å²) in [5.41, 5.74) is 0.650. The lowest BCUT2D eigenvalue weighted by molar-refractivity contribution is -0.385. The molecule has 1 heterocycles. The second kappa shape index (κ2) is 6.47. The van der Waals surface area contributed by atoms with Crippen LogP contribution in [0.4, 0.5) is 10.5 Å². The summed E-state index contributed by atoms with van der Waals surface area (Å²) in [4.78, 5) is 36.3. The highest BCUT2D eigenvalue weighted by Crippen LogP contribution is 2.35. The molecule has 23 heavy (non-hydrogen) atoms. The number of carbonyl (C=O) groups excluding carboxylic acids is 2. The molecule has 0 radical (unpaired) electrons. The minimum atomic E-state index is -0.931. The van der Waals surface area contributed by atoms with Gasteiger partial charge in [-0.1, -0.05) is 12.1 Å². The standard InChI is InChI=1S/C15H17N3O5/c1-4-23-14(19)12-9(2)17(3)15(20)16-13(12)10-7-5-6-8-11(10)18(21)22/h5-8,13H,4H2,1-3H3,(H,16,20)/t13-/m1/s1. The molecule has 8 heteroatoms. The van der Waals surface area contributed by atoms with Crippen molar-refractivity contribution in [2.24, 2.45) is 0 Å². The molecule has 0 bridgehead atoms. The molecule has 1 N–H and O–H groups in total. The average molecular weight is 319 g/mol. The van der Waals surface area contributed by atoms with E-state index < -0.39 is 23.0 Å². The Bertz CT molecular complexity index is 698. The second-order valence-electron chi connectivity index (χ2n) is 4.98. The molecule has 0 saturated carbocycles. The number of benzene rings is 1. The molecule has 1 atom stereocenters. The van der Waals surface area contributed by atoms with Crippen molar-refractivity contribution in [1.29, 1.82) is 0 Å². The van der Waals surface area contributed by atoms with Gasteiger partial charge in [-0.15, -0.1) is 0 Å². The molecule has 0 spiro atoms. The summed E-state index contributed by atoms with van der Waals surface area (Å²) in [5, 5.41) is 13.9. The summed E-state index contributed by atoms with van der Waals surface area (Å²) in [6.07, 6.45) is 0. The maximum atomic E-state index is 12.3. The Morgan fingerprint density at radius 1 is 1.43 bits per heavy atom. The molecule has 1 aliphatic heterocycles. The minimum absolute atomic E-state index is 0.164. The van der Waals surface area contributed by atoms with Crippen LogP contribution in [-0.4, -0.2) is 35.5 Å². The Kier molecular flexibility index (Phi) is 4.63. The van der Waals surface area contributed by atoms with Crippen molar-refractivity contribution in [2.45, 2.75) is 19.9 Å². The molecular formula is C15H17N3O5. The van der Waals surface area contributed by atoms with Gasteiger partial charge in [-0.2, -0.15) is 0 Å². The fraction of sp³-hybridized carbons (Fsp3) is 0.333. The van der Waals surface area contributed by atoms with E-state index in [4.69, 9.17) is 4.74 Å². The zero-order chi connectivity index (χ0) is 17.1. The maximum absolute atomic E-state index is 12.3. The van der Waals surface area contributed by atoms with Crippen LogP contribution in [0.25, 0.3) is 0 Å². The third-order valence-corrected chi connectivity index (χ3v) is 3.69. The van der Waals surface area contributed by atoms with E-state index in [2.05, 4.69) is 5.32 Å². The number of amides is 2. The van der Waals surface area contributed by atoms with Crippen molar-refractivity contribution in [1.82, 2.24) is 10.2 Å². The molecular weight excluding hydrogens is 302 g/mol. The van der Waals surface area contributed by atoms with Crippen LogP contribution in [0.15, 0.2) is 35.5 Å². The van der Waals surface area contributed by atoms with Crippen LogP contribution >= 0.6 is 0 Å². The number of carbonyl (C=O) groups is 2. The first-order valence-electron chi connectivity index (χ1n) is 7.03. The van der Waals surface area contributed by atoms with E-state index in [1.165, 1.54) is 30.1 Å². The van der Waals surface area contributed by atoms with Gasteiger partial charge in [0.05, 0.1) is 28.7 Å². The van der Waals surface area contributed by atoms with Crippen LogP contribution in [-0.2, 0) is 9.53 Å². The number of allylic oxidation sites excluding steroid dienone is 1. The van der Waals surface area contributed by atoms with Crippen molar-refractivity contribution in [2.75, 3.05) is 13.7 Å². The normalized spacial score (nSPS) is 17.8. The zero-order valence-corrected chi connectivity index (χ0v) is 13.0. The number of nitro groups is 1. The number of urea groups is 1. The van der Waals surface area contributed by atoms with E-state index in [1.807, 2.05) is 0 Å². The number of hydrogen-bond acceptors (Lipinski definition) is 5. The number of hydrogen-bond donors (Lipinski definition) is 1. The van der Waals surface area contributed by atoms with E-state index in [0.29, 0.717) is 5.70 Å². The summed E-state index contributed by atoms with van der Waals surface area (Å²) in [6, 6.07) is 4.61. The molecule has 0 fully saturated rings. The third kappa shape index (κ3) is 3.01. The summed E-state index contributed by atoms with van der Waals surface area (Å²) in [7, 11) is 1.51. The molecule has 2 rings (SSSR count). The fourth-order valence-electron chi connectivity index (χ4n) is 2.44. The lowest BCUT2D eigenvalue weighted by Gasteiger charge is -2.32. The quantitative estimate of drug-likeness (QED) is 0.520. The Balaban J connectivity index is 2.61. The molecule has 0 aliphatic carbocycles. The van der Waals surface area contributed by atoms with Crippen molar-refractivity contribution >= 4 is 17.7 Å². The number of nitrogens with zero attached hydrogens (tertiary/aromatic N) is 2. The molecule has 122 valence electrons. The van der Waals surface area contributed by atoms with Gasteiger partial charge in [-0.05, 0) is 19.9 Å². The van der Waals surface area contributed by atoms with Crippen LogP contribution in [0, 0.1) is 10.1 Å². The zero-order valence-electron chi connectivity index (χ0n) is 13.0. The van der Waals surface area contributed by atoms with Gasteiger partial charge in [-0.3, -0.25) is 10.1 Å². The highest BCUT2D eigenvalue weighted by atomic mass is 16.6. The van der Waals surface area contributed by atoms with Crippen LogP contribution in [0.2, 0.25) is 0 Å². The highest BCUT2D eigenvalue weighted by Gasteiger charge is 2.37. The van der Waals surface area contributed by atoms with Crippen LogP contribution in [0.3, 0.4) is 0 Å². The topological polar surface area (TPSA) is 102 Å². The first-order chi connectivity index (χ1) is 10.9. The maximum Gasteiger partial charge on any atom is 0.338 e. The lowest BCUT2D eigenvalue weighted by Crippen LogP contribution is -2.46. The molecule has 1 aromatic carbocycles. The van der Waals surface area contributed by atoms with Crippen LogP contribution < -0.4 is 5.32 Å². The number of nitrogens with one attached hydrogen (secondary N) is 1. The summed E-state index contributed by atoms with van der Waals surface area (Å²) in [6.45, 7) is 3.43. The lowest BCUT2D eigenvalue weighted by atomic mass is 9.94. The monoisotopic (exact) mass is 319 g/mol. The van der Waals surface area contributed by atoms with Gasteiger partial charge in [0, 0.05) is 18.8 Å². The highest BCUT2D eigenvalue weighted by molar-refractivity contribution is 5.95. The Labute approximate surface area is 132 Å². The van der Waals surface area contributed by atoms with Crippen molar-refractivity contribution in [3.8, 4) is 0 Å². The number of rotatable bonds is 4. The fourth-order valence-corrected chi connectivity index (χ4v) is 2.44. The molecule has 0 aromatic heterocycles. The summed E-state index contributed by atoms with van der Waals surface area (Å²) >= 11 is 0. The summed E-state index contributed by atoms with van der Waals surface area (Å²) in [5.74, 6) is -0.611. The molecule has 8 nitrogen and oxygen atoms in total. The van der Waals surface area contributed by atoms with Crippen LogP contribution in [0.1, 0.15) is 25.5 Å². The van der Waals surface area contributed by atoms with Gasteiger partial charge in [0.25, 0.3) is 5.69 Å². The van der Waals surface area contributed by atoms with Crippen LogP contribution in [0.5, 0.6) is 0 Å². The summed E-state index contributed by atoms with van der Waals surface area (Å²) < 4.78 is 5.04. The minimum Gasteiger partial charge on any atom is -0.463 e. The number of ether oxygens (including phenoxy) is 1. The molecule has 1 aliphatic rings. The van der Waals surface area contributed by atoms with Gasteiger partial charge >= 0.3 is 12.0 Å². The van der Waals surface area contributed by atoms with Gasteiger partial charge in [0.2, 0.25) is 0 Å². The second-order valence-corrected chi connectivity index (χ2v) is 4.98. The number of para-hydroxylation sites is 1. The Morgan fingerprint density at radius 3 is 2.70 bits per heavy atom. The number of esters is 1. The van der Waals surface area contributed by atoms with Gasteiger partial charge in [0.1, 0.15) is 0 Å². The number of nitro benzene ring substituents is 1. The van der Waals surface area contributed by atoms with E-state index in [-0.39, 0.29) is 23.4 Å². The molecule has 1 aromatic rings. The van der Waals surface area contributed by atoms with Gasteiger partial charge in [-0.25, -0.2) is 9.59 Å².